The van der Waals surface area contributed by atoms with Crippen LogP contribution in [0.15, 0.2) is 11.7 Å². The maximum Gasteiger partial charge on any atom is 0.311 e. The van der Waals surface area contributed by atoms with Crippen LogP contribution in [0.1, 0.15) is 32.1 Å². The molecule has 8 heteroatoms. The van der Waals surface area contributed by atoms with Gasteiger partial charge in [-0.2, -0.15) is 0 Å². The number of tetrazole rings is 1. The summed E-state index contributed by atoms with van der Waals surface area (Å²) >= 11 is 1.44. The summed E-state index contributed by atoms with van der Waals surface area (Å²) in [4.78, 5) is 16.6. The summed E-state index contributed by atoms with van der Waals surface area (Å²) in [5.74, 6) is -0.151. The molecule has 2 aromatic rings. The van der Waals surface area contributed by atoms with E-state index in [-0.39, 0.29) is 0 Å². The summed E-state index contributed by atoms with van der Waals surface area (Å²) < 4.78 is 1.60. The molecular formula is C12H15N5O2S. The lowest BCUT2D eigenvalue weighted by Gasteiger charge is -2.32. The van der Waals surface area contributed by atoms with E-state index in [9.17, 15) is 9.90 Å². The fraction of sp³-hybridized carbons (Fsp3) is 0.583. The van der Waals surface area contributed by atoms with Gasteiger partial charge in [0.25, 0.3) is 0 Å². The van der Waals surface area contributed by atoms with Crippen molar-refractivity contribution in [1.82, 2.24) is 25.2 Å². The van der Waals surface area contributed by atoms with Crippen molar-refractivity contribution in [2.24, 2.45) is 5.41 Å². The second-order valence-corrected chi connectivity index (χ2v) is 6.06. The molecular weight excluding hydrogens is 278 g/mol. The Labute approximate surface area is 119 Å². The number of aliphatic carboxylic acids is 1. The van der Waals surface area contributed by atoms with Gasteiger partial charge in [0.05, 0.1) is 22.3 Å². The van der Waals surface area contributed by atoms with E-state index in [1.54, 1.807) is 16.4 Å². The molecule has 0 radical (unpaired) electrons. The molecule has 7 nitrogen and oxygen atoms in total. The average molecular weight is 293 g/mol. The minimum Gasteiger partial charge on any atom is -0.481 e. The predicted octanol–water partition coefficient (Wildman–Crippen LogP) is 1.83. The van der Waals surface area contributed by atoms with Gasteiger partial charge in [-0.25, -0.2) is 4.68 Å². The van der Waals surface area contributed by atoms with Crippen LogP contribution >= 0.6 is 11.3 Å². The predicted molar refractivity (Wildman–Crippen MR) is 72.1 cm³/mol. The second-order valence-electron chi connectivity index (χ2n) is 5.17. The third-order valence-electron chi connectivity index (χ3n) is 3.90. The lowest BCUT2D eigenvalue weighted by molar-refractivity contribution is -0.152. The summed E-state index contributed by atoms with van der Waals surface area (Å²) in [5, 5.41) is 21.3. The molecule has 0 saturated heterocycles. The Balaban J connectivity index is 1.90. The van der Waals surface area contributed by atoms with Crippen LogP contribution < -0.4 is 0 Å². The van der Waals surface area contributed by atoms with Crippen molar-refractivity contribution >= 4 is 17.3 Å². The molecule has 1 fully saturated rings. The van der Waals surface area contributed by atoms with Gasteiger partial charge in [0.2, 0.25) is 0 Å². The molecule has 1 N–H and O–H groups in total. The number of carbonyl (C=O) groups is 1. The number of carboxylic acids is 1. The molecule has 0 aliphatic heterocycles. The SMILES string of the molecule is O=C(O)C1(Cn2nnnc2-c2cncs2)CCCCC1. The molecule has 0 aromatic carbocycles. The highest BCUT2D eigenvalue weighted by Gasteiger charge is 2.41. The first-order chi connectivity index (χ1) is 9.71. The molecule has 0 bridgehead atoms. The Morgan fingerprint density at radius 2 is 2.20 bits per heavy atom. The van der Waals surface area contributed by atoms with Crippen molar-refractivity contribution in [2.75, 3.05) is 0 Å². The Kier molecular flexibility index (Phi) is 3.47. The van der Waals surface area contributed by atoms with E-state index in [4.69, 9.17) is 0 Å². The molecule has 2 aromatic heterocycles. The van der Waals surface area contributed by atoms with Gasteiger partial charge in [-0.15, -0.1) is 16.4 Å². The first-order valence-corrected chi connectivity index (χ1v) is 7.48. The van der Waals surface area contributed by atoms with Gasteiger partial charge in [0.15, 0.2) is 5.82 Å². The Bertz CT molecular complexity index is 589. The maximum atomic E-state index is 11.7. The van der Waals surface area contributed by atoms with Crippen LogP contribution in [0, 0.1) is 5.41 Å². The quantitative estimate of drug-likeness (QED) is 0.924. The van der Waals surface area contributed by atoms with Crippen LogP contribution in [0.4, 0.5) is 0 Å². The van der Waals surface area contributed by atoms with E-state index in [1.165, 1.54) is 11.3 Å². The highest BCUT2D eigenvalue weighted by Crippen LogP contribution is 2.38. The molecule has 20 heavy (non-hydrogen) atoms. The molecule has 0 amide bonds. The van der Waals surface area contributed by atoms with Gasteiger partial charge >= 0.3 is 5.97 Å². The molecule has 1 saturated carbocycles. The van der Waals surface area contributed by atoms with Crippen LogP contribution in [-0.4, -0.2) is 36.3 Å². The lowest BCUT2D eigenvalue weighted by Crippen LogP contribution is -2.38. The van der Waals surface area contributed by atoms with Gasteiger partial charge in [0.1, 0.15) is 0 Å². The van der Waals surface area contributed by atoms with Crippen LogP contribution in [0.2, 0.25) is 0 Å². The van der Waals surface area contributed by atoms with Crippen molar-refractivity contribution in [3.8, 4) is 10.7 Å². The first kappa shape index (κ1) is 13.2. The topological polar surface area (TPSA) is 93.8 Å². The molecule has 0 atom stereocenters. The van der Waals surface area contributed by atoms with Crippen LogP contribution in [0.25, 0.3) is 10.7 Å². The first-order valence-electron chi connectivity index (χ1n) is 6.60. The zero-order valence-corrected chi connectivity index (χ0v) is 11.7. The summed E-state index contributed by atoms with van der Waals surface area (Å²) in [5.41, 5.74) is 0.967. The summed E-state index contributed by atoms with van der Waals surface area (Å²) in [6, 6.07) is 0. The fourth-order valence-electron chi connectivity index (χ4n) is 2.77. The van der Waals surface area contributed by atoms with Crippen molar-refractivity contribution in [1.29, 1.82) is 0 Å². The normalized spacial score (nSPS) is 18.0. The number of thiazole rings is 1. The van der Waals surface area contributed by atoms with E-state index in [1.807, 2.05) is 0 Å². The number of aromatic nitrogens is 5. The molecule has 0 spiro atoms. The molecule has 106 valence electrons. The fourth-order valence-corrected chi connectivity index (χ4v) is 3.38. The van der Waals surface area contributed by atoms with Crippen LogP contribution in [0.3, 0.4) is 0 Å². The Morgan fingerprint density at radius 3 is 2.85 bits per heavy atom. The number of hydrogen-bond acceptors (Lipinski definition) is 6. The van der Waals surface area contributed by atoms with E-state index in [0.717, 1.165) is 24.1 Å². The monoisotopic (exact) mass is 293 g/mol. The van der Waals surface area contributed by atoms with Gasteiger partial charge in [0, 0.05) is 6.20 Å². The zero-order valence-electron chi connectivity index (χ0n) is 10.9. The van der Waals surface area contributed by atoms with Crippen LogP contribution in [0.5, 0.6) is 0 Å². The molecule has 2 heterocycles. The van der Waals surface area contributed by atoms with Gasteiger partial charge in [-0.1, -0.05) is 19.3 Å². The summed E-state index contributed by atoms with van der Waals surface area (Å²) in [6.07, 6.45) is 6.07. The molecule has 1 aliphatic carbocycles. The highest BCUT2D eigenvalue weighted by atomic mass is 32.1. The van der Waals surface area contributed by atoms with Crippen molar-refractivity contribution in [2.45, 2.75) is 38.6 Å². The van der Waals surface area contributed by atoms with E-state index >= 15 is 0 Å². The third kappa shape index (κ3) is 2.31. The minimum atomic E-state index is -0.747. The standard InChI is InChI=1S/C12H15N5O2S/c18-11(19)12(4-2-1-3-5-12)7-17-10(14-15-16-17)9-6-13-8-20-9/h6,8H,1-5,7H2,(H,18,19). The lowest BCUT2D eigenvalue weighted by atomic mass is 9.74. The van der Waals surface area contributed by atoms with Crippen molar-refractivity contribution in [3.63, 3.8) is 0 Å². The summed E-state index contributed by atoms with van der Waals surface area (Å²) in [6.45, 7) is 0.322. The number of carboxylic acid groups (broad SMARTS) is 1. The number of hydrogen-bond donors (Lipinski definition) is 1. The summed E-state index contributed by atoms with van der Waals surface area (Å²) in [7, 11) is 0. The van der Waals surface area contributed by atoms with E-state index < -0.39 is 11.4 Å². The Hall–Kier alpha value is -1.83. The van der Waals surface area contributed by atoms with Crippen LogP contribution in [-0.2, 0) is 11.3 Å². The molecule has 1 aliphatic rings. The maximum absolute atomic E-state index is 11.7. The van der Waals surface area contributed by atoms with Crippen molar-refractivity contribution < 1.29 is 9.90 Å². The number of nitrogens with zero attached hydrogens (tertiary/aromatic N) is 5. The van der Waals surface area contributed by atoms with Gasteiger partial charge in [-0.05, 0) is 23.3 Å². The van der Waals surface area contributed by atoms with Gasteiger partial charge < -0.3 is 5.11 Å². The smallest absolute Gasteiger partial charge is 0.311 e. The largest absolute Gasteiger partial charge is 0.481 e. The van der Waals surface area contributed by atoms with E-state index in [2.05, 4.69) is 20.5 Å². The van der Waals surface area contributed by atoms with Crippen molar-refractivity contribution in [3.05, 3.63) is 11.7 Å². The molecule has 0 unspecified atom stereocenters. The zero-order chi connectivity index (χ0) is 14.0. The van der Waals surface area contributed by atoms with Gasteiger partial charge in [-0.3, -0.25) is 9.78 Å². The Morgan fingerprint density at radius 1 is 1.40 bits per heavy atom. The third-order valence-corrected chi connectivity index (χ3v) is 4.67. The highest BCUT2D eigenvalue weighted by molar-refractivity contribution is 7.13. The second kappa shape index (κ2) is 5.28. The average Bonchev–Trinajstić information content (AvgIpc) is 3.10. The minimum absolute atomic E-state index is 0.322. The molecule has 3 rings (SSSR count). The van der Waals surface area contributed by atoms with E-state index in [0.29, 0.717) is 25.2 Å². The number of rotatable bonds is 4.